The first kappa shape index (κ1) is 10.5. The van der Waals surface area contributed by atoms with Gasteiger partial charge in [-0.05, 0) is 24.6 Å². The van der Waals surface area contributed by atoms with Gasteiger partial charge in [0.15, 0.2) is 0 Å². The third kappa shape index (κ3) is 3.06. The molecule has 0 aliphatic heterocycles. The average Bonchev–Trinajstić information content (AvgIpc) is 2.17. The molecule has 1 atom stereocenters. The molecule has 1 aromatic carbocycles. The molecule has 1 N–H and O–H groups in total. The van der Waals surface area contributed by atoms with Crippen LogP contribution in [-0.2, 0) is 0 Å². The number of hydrogen-bond donors (Lipinski definition) is 1. The Morgan fingerprint density at radius 1 is 1.57 bits per heavy atom. The Bertz CT molecular complexity index is 330. The molecule has 3 heteroatoms. The Hall–Kier alpha value is -1.56. The summed E-state index contributed by atoms with van der Waals surface area (Å²) in [6.07, 6.45) is 1.70. The summed E-state index contributed by atoms with van der Waals surface area (Å²) >= 11 is 0. The van der Waals surface area contributed by atoms with Gasteiger partial charge in [-0.25, -0.2) is 4.39 Å². The zero-order valence-corrected chi connectivity index (χ0v) is 8.13. The molecule has 1 aromatic rings. The highest BCUT2D eigenvalue weighted by Crippen LogP contribution is 2.11. The van der Waals surface area contributed by atoms with E-state index in [1.165, 1.54) is 12.1 Å². The van der Waals surface area contributed by atoms with Crippen molar-refractivity contribution in [3.8, 4) is 6.07 Å². The van der Waals surface area contributed by atoms with Crippen LogP contribution in [0.4, 0.5) is 10.1 Å². The minimum Gasteiger partial charge on any atom is -0.370 e. The van der Waals surface area contributed by atoms with Gasteiger partial charge in [-0.15, -0.1) is 0 Å². The van der Waals surface area contributed by atoms with Crippen LogP contribution in [0.3, 0.4) is 0 Å². The summed E-state index contributed by atoms with van der Waals surface area (Å²) in [5.41, 5.74) is 0.657. The Labute approximate surface area is 83.4 Å². The Kier molecular flexibility index (Phi) is 3.93. The summed E-state index contributed by atoms with van der Waals surface area (Å²) in [4.78, 5) is 0. The monoisotopic (exact) mass is 192 g/mol. The number of hydrogen-bond acceptors (Lipinski definition) is 2. The fraction of sp³-hybridized carbons (Fsp3) is 0.364. The van der Waals surface area contributed by atoms with Crippen LogP contribution < -0.4 is 5.32 Å². The molecule has 0 heterocycles. The summed E-state index contributed by atoms with van der Waals surface area (Å²) in [5, 5.41) is 11.8. The lowest BCUT2D eigenvalue weighted by molar-refractivity contribution is 0.627. The molecule has 2 nitrogen and oxygen atoms in total. The number of nitrogens with zero attached hydrogens (tertiary/aromatic N) is 1. The molecule has 0 radical (unpaired) electrons. The summed E-state index contributed by atoms with van der Waals surface area (Å²) in [7, 11) is 0. The number of anilines is 1. The first-order chi connectivity index (χ1) is 6.76. The Balaban J connectivity index is 2.63. The predicted octanol–water partition coefficient (Wildman–Crippen LogP) is 2.93. The molecule has 0 fully saturated rings. The molecular formula is C11H13FN2. The molecule has 74 valence electrons. The largest absolute Gasteiger partial charge is 0.370 e. The minimum absolute atomic E-state index is 0.234. The SMILES string of the molecule is CCCC(C#N)Nc1cccc(F)c1. The summed E-state index contributed by atoms with van der Waals surface area (Å²) in [6.45, 7) is 2.01. The van der Waals surface area contributed by atoms with Crippen LogP contribution in [0.1, 0.15) is 19.8 Å². The van der Waals surface area contributed by atoms with E-state index in [2.05, 4.69) is 11.4 Å². The second-order valence-electron chi connectivity index (χ2n) is 3.13. The molecule has 0 saturated carbocycles. The normalized spacial score (nSPS) is 11.8. The van der Waals surface area contributed by atoms with Gasteiger partial charge in [-0.3, -0.25) is 0 Å². The molecule has 0 aromatic heterocycles. The Morgan fingerprint density at radius 3 is 2.93 bits per heavy atom. The fourth-order valence-corrected chi connectivity index (χ4v) is 1.24. The lowest BCUT2D eigenvalue weighted by Crippen LogP contribution is -2.16. The topological polar surface area (TPSA) is 35.8 Å². The fourth-order valence-electron chi connectivity index (χ4n) is 1.24. The molecular weight excluding hydrogens is 179 g/mol. The number of nitriles is 1. The van der Waals surface area contributed by atoms with Crippen molar-refractivity contribution in [2.75, 3.05) is 5.32 Å². The molecule has 1 unspecified atom stereocenters. The number of rotatable bonds is 4. The average molecular weight is 192 g/mol. The second kappa shape index (κ2) is 5.23. The van der Waals surface area contributed by atoms with Gasteiger partial charge >= 0.3 is 0 Å². The van der Waals surface area contributed by atoms with Crippen LogP contribution in [0.15, 0.2) is 24.3 Å². The van der Waals surface area contributed by atoms with Crippen LogP contribution in [0, 0.1) is 17.1 Å². The van der Waals surface area contributed by atoms with Crippen molar-refractivity contribution in [3.63, 3.8) is 0 Å². The lowest BCUT2D eigenvalue weighted by Gasteiger charge is -2.11. The van der Waals surface area contributed by atoms with Crippen molar-refractivity contribution < 1.29 is 4.39 Å². The number of halogens is 1. The molecule has 0 spiro atoms. The molecule has 0 bridgehead atoms. The van der Waals surface area contributed by atoms with Crippen molar-refractivity contribution in [1.82, 2.24) is 0 Å². The quantitative estimate of drug-likeness (QED) is 0.796. The van der Waals surface area contributed by atoms with E-state index in [0.29, 0.717) is 5.69 Å². The van der Waals surface area contributed by atoms with E-state index in [1.807, 2.05) is 6.92 Å². The summed E-state index contributed by atoms with van der Waals surface area (Å²) < 4.78 is 12.8. The summed E-state index contributed by atoms with van der Waals surface area (Å²) in [5.74, 6) is -0.289. The van der Waals surface area contributed by atoms with Gasteiger partial charge in [0.1, 0.15) is 11.9 Å². The highest BCUT2D eigenvalue weighted by atomic mass is 19.1. The Morgan fingerprint density at radius 2 is 2.36 bits per heavy atom. The van der Waals surface area contributed by atoms with Gasteiger partial charge in [-0.1, -0.05) is 19.4 Å². The predicted molar refractivity (Wildman–Crippen MR) is 54.3 cm³/mol. The van der Waals surface area contributed by atoms with E-state index >= 15 is 0 Å². The van der Waals surface area contributed by atoms with Gasteiger partial charge in [0, 0.05) is 5.69 Å². The highest BCUT2D eigenvalue weighted by Gasteiger charge is 2.05. The standard InChI is InChI=1S/C11H13FN2/c1-2-4-11(8-13)14-10-6-3-5-9(12)7-10/h3,5-7,11,14H,2,4H2,1H3. The molecule has 0 aliphatic rings. The van der Waals surface area contributed by atoms with E-state index in [-0.39, 0.29) is 11.9 Å². The number of benzene rings is 1. The van der Waals surface area contributed by atoms with Crippen LogP contribution in [-0.4, -0.2) is 6.04 Å². The molecule has 14 heavy (non-hydrogen) atoms. The maximum absolute atomic E-state index is 12.8. The molecule has 1 rings (SSSR count). The third-order valence-electron chi connectivity index (χ3n) is 1.90. The zero-order valence-electron chi connectivity index (χ0n) is 8.13. The maximum Gasteiger partial charge on any atom is 0.125 e. The van der Waals surface area contributed by atoms with Gasteiger partial charge in [0.2, 0.25) is 0 Å². The van der Waals surface area contributed by atoms with E-state index < -0.39 is 0 Å². The minimum atomic E-state index is -0.289. The van der Waals surface area contributed by atoms with Crippen LogP contribution >= 0.6 is 0 Å². The van der Waals surface area contributed by atoms with Crippen LogP contribution in [0.25, 0.3) is 0 Å². The van der Waals surface area contributed by atoms with Crippen molar-refractivity contribution in [3.05, 3.63) is 30.1 Å². The van der Waals surface area contributed by atoms with Gasteiger partial charge < -0.3 is 5.32 Å². The van der Waals surface area contributed by atoms with Gasteiger partial charge in [-0.2, -0.15) is 5.26 Å². The molecule has 0 saturated heterocycles. The lowest BCUT2D eigenvalue weighted by atomic mass is 10.2. The van der Waals surface area contributed by atoms with Crippen molar-refractivity contribution in [2.24, 2.45) is 0 Å². The van der Waals surface area contributed by atoms with Gasteiger partial charge in [0.05, 0.1) is 6.07 Å². The molecule has 0 aliphatic carbocycles. The van der Waals surface area contributed by atoms with E-state index in [0.717, 1.165) is 12.8 Å². The van der Waals surface area contributed by atoms with E-state index in [1.54, 1.807) is 12.1 Å². The van der Waals surface area contributed by atoms with Crippen molar-refractivity contribution in [2.45, 2.75) is 25.8 Å². The first-order valence-corrected chi connectivity index (χ1v) is 4.68. The van der Waals surface area contributed by atoms with Crippen LogP contribution in [0.5, 0.6) is 0 Å². The van der Waals surface area contributed by atoms with E-state index in [4.69, 9.17) is 5.26 Å². The van der Waals surface area contributed by atoms with E-state index in [9.17, 15) is 4.39 Å². The summed E-state index contributed by atoms with van der Waals surface area (Å²) in [6, 6.07) is 8.05. The smallest absolute Gasteiger partial charge is 0.125 e. The van der Waals surface area contributed by atoms with Crippen LogP contribution in [0.2, 0.25) is 0 Å². The van der Waals surface area contributed by atoms with Gasteiger partial charge in [0.25, 0.3) is 0 Å². The van der Waals surface area contributed by atoms with Crippen molar-refractivity contribution in [1.29, 1.82) is 5.26 Å². The maximum atomic E-state index is 12.8. The van der Waals surface area contributed by atoms with Crippen molar-refractivity contribution >= 4 is 5.69 Å². The molecule has 0 amide bonds. The first-order valence-electron chi connectivity index (χ1n) is 4.68. The number of nitrogens with one attached hydrogen (secondary N) is 1. The third-order valence-corrected chi connectivity index (χ3v) is 1.90. The highest BCUT2D eigenvalue weighted by molar-refractivity contribution is 5.45. The second-order valence-corrected chi connectivity index (χ2v) is 3.13. The zero-order chi connectivity index (χ0) is 10.4.